The first-order chi connectivity index (χ1) is 10.6. The summed E-state index contributed by atoms with van der Waals surface area (Å²) in [4.78, 5) is 22.1. The first-order valence-electron chi connectivity index (χ1n) is 8.64. The molecule has 0 radical (unpaired) electrons. The molecule has 2 aliphatic rings. The molecule has 1 atom stereocenters. The van der Waals surface area contributed by atoms with Crippen LogP contribution in [0.25, 0.3) is 0 Å². The predicted octanol–water partition coefficient (Wildman–Crippen LogP) is 3.36. The van der Waals surface area contributed by atoms with E-state index in [1.807, 2.05) is 5.38 Å². The average Bonchev–Trinajstić information content (AvgIpc) is 3.18. The highest BCUT2D eigenvalue weighted by Crippen LogP contribution is 2.24. The Balaban J connectivity index is 1.69. The standard InChI is InChI=1S/C17H27N3OS/c1-13(2)15-12-22-16(18-15)17(21)20-10-4-3-7-14(20)11-19-8-5-6-9-19/h12-14H,3-11H2,1-2H3. The topological polar surface area (TPSA) is 36.4 Å². The third-order valence-electron chi connectivity index (χ3n) is 4.85. The van der Waals surface area contributed by atoms with Gasteiger partial charge in [0.25, 0.3) is 5.91 Å². The van der Waals surface area contributed by atoms with Crippen molar-refractivity contribution in [2.45, 2.75) is 57.9 Å². The molecular formula is C17H27N3OS. The van der Waals surface area contributed by atoms with E-state index in [0.717, 1.165) is 31.6 Å². The zero-order valence-electron chi connectivity index (χ0n) is 13.8. The van der Waals surface area contributed by atoms with Crippen molar-refractivity contribution in [3.8, 4) is 0 Å². The van der Waals surface area contributed by atoms with E-state index in [0.29, 0.717) is 17.0 Å². The van der Waals surface area contributed by atoms with Gasteiger partial charge >= 0.3 is 0 Å². The molecule has 3 rings (SSSR count). The lowest BCUT2D eigenvalue weighted by Crippen LogP contribution is -2.49. The third-order valence-corrected chi connectivity index (χ3v) is 5.70. The third kappa shape index (κ3) is 3.51. The van der Waals surface area contributed by atoms with Crippen LogP contribution < -0.4 is 0 Å². The Hall–Kier alpha value is -0.940. The Kier molecular flexibility index (Phi) is 5.14. The SMILES string of the molecule is CC(C)c1csc(C(=O)N2CCCCC2CN2CCCC2)n1. The largest absolute Gasteiger partial charge is 0.332 e. The second-order valence-electron chi connectivity index (χ2n) is 6.89. The molecule has 5 heteroatoms. The fraction of sp³-hybridized carbons (Fsp3) is 0.765. The first kappa shape index (κ1) is 15.9. The maximum atomic E-state index is 12.9. The number of carbonyl (C=O) groups is 1. The first-order valence-corrected chi connectivity index (χ1v) is 9.52. The van der Waals surface area contributed by atoms with Gasteiger partial charge in [-0.3, -0.25) is 4.79 Å². The number of carbonyl (C=O) groups excluding carboxylic acids is 1. The number of likely N-dealkylation sites (tertiary alicyclic amines) is 2. The molecule has 1 unspecified atom stereocenters. The number of rotatable bonds is 4. The predicted molar refractivity (Wildman–Crippen MR) is 90.6 cm³/mol. The van der Waals surface area contributed by atoms with Crippen molar-refractivity contribution in [2.75, 3.05) is 26.2 Å². The number of hydrogen-bond donors (Lipinski definition) is 0. The fourth-order valence-electron chi connectivity index (χ4n) is 3.49. The quantitative estimate of drug-likeness (QED) is 0.853. The van der Waals surface area contributed by atoms with Gasteiger partial charge in [-0.25, -0.2) is 4.98 Å². The number of piperidine rings is 1. The molecule has 1 aromatic rings. The van der Waals surface area contributed by atoms with E-state index in [-0.39, 0.29) is 5.91 Å². The summed E-state index contributed by atoms with van der Waals surface area (Å²) >= 11 is 1.51. The molecule has 4 nitrogen and oxygen atoms in total. The number of nitrogens with zero attached hydrogens (tertiary/aromatic N) is 3. The van der Waals surface area contributed by atoms with Gasteiger partial charge in [0.2, 0.25) is 0 Å². The Morgan fingerprint density at radius 2 is 2.00 bits per heavy atom. The molecule has 22 heavy (non-hydrogen) atoms. The minimum Gasteiger partial charge on any atom is -0.332 e. The van der Waals surface area contributed by atoms with Gasteiger partial charge in [0, 0.05) is 24.5 Å². The average molecular weight is 321 g/mol. The Bertz CT molecular complexity index is 508. The van der Waals surface area contributed by atoms with Crippen molar-refractivity contribution in [3.05, 3.63) is 16.1 Å². The number of hydrogen-bond acceptors (Lipinski definition) is 4. The van der Waals surface area contributed by atoms with Crippen LogP contribution in [0.2, 0.25) is 0 Å². The van der Waals surface area contributed by atoms with Crippen molar-refractivity contribution in [1.29, 1.82) is 0 Å². The van der Waals surface area contributed by atoms with E-state index in [4.69, 9.17) is 0 Å². The molecule has 0 aromatic carbocycles. The van der Waals surface area contributed by atoms with Gasteiger partial charge in [-0.15, -0.1) is 11.3 Å². The van der Waals surface area contributed by atoms with Gasteiger partial charge in [0.05, 0.1) is 5.69 Å². The zero-order chi connectivity index (χ0) is 15.5. The van der Waals surface area contributed by atoms with Crippen LogP contribution in [0.4, 0.5) is 0 Å². The molecule has 0 bridgehead atoms. The summed E-state index contributed by atoms with van der Waals surface area (Å²) < 4.78 is 0. The van der Waals surface area contributed by atoms with Crippen LogP contribution in [0.15, 0.2) is 5.38 Å². The van der Waals surface area contributed by atoms with Crippen molar-refractivity contribution >= 4 is 17.2 Å². The molecule has 1 amide bonds. The summed E-state index contributed by atoms with van der Waals surface area (Å²) in [6.07, 6.45) is 6.14. The maximum Gasteiger partial charge on any atom is 0.283 e. The van der Waals surface area contributed by atoms with E-state index in [1.54, 1.807) is 0 Å². The Labute approximate surface area is 137 Å². The number of amides is 1. The van der Waals surface area contributed by atoms with Crippen LogP contribution in [-0.4, -0.2) is 52.9 Å². The molecule has 3 heterocycles. The minimum absolute atomic E-state index is 0.154. The summed E-state index contributed by atoms with van der Waals surface area (Å²) in [5.41, 5.74) is 1.04. The fourth-order valence-corrected chi connectivity index (χ4v) is 4.43. The highest BCUT2D eigenvalue weighted by atomic mass is 32.1. The maximum absolute atomic E-state index is 12.9. The highest BCUT2D eigenvalue weighted by Gasteiger charge is 2.31. The lowest BCUT2D eigenvalue weighted by Gasteiger charge is -2.37. The molecule has 2 saturated heterocycles. The normalized spacial score (nSPS) is 23.4. The summed E-state index contributed by atoms with van der Waals surface area (Å²) in [6, 6.07) is 0.380. The molecule has 2 fully saturated rings. The lowest BCUT2D eigenvalue weighted by molar-refractivity contribution is 0.0560. The summed E-state index contributed by atoms with van der Waals surface area (Å²) in [5, 5.41) is 2.72. The van der Waals surface area contributed by atoms with Crippen LogP contribution in [0, 0.1) is 0 Å². The van der Waals surface area contributed by atoms with E-state index in [1.165, 1.54) is 43.7 Å². The van der Waals surface area contributed by atoms with Crippen molar-refractivity contribution < 1.29 is 4.79 Å². The van der Waals surface area contributed by atoms with Crippen LogP contribution in [0.5, 0.6) is 0 Å². The van der Waals surface area contributed by atoms with E-state index in [9.17, 15) is 4.79 Å². The van der Waals surface area contributed by atoms with E-state index < -0.39 is 0 Å². The van der Waals surface area contributed by atoms with Gasteiger partial charge in [-0.05, 0) is 51.1 Å². The summed E-state index contributed by atoms with van der Waals surface area (Å²) in [5.74, 6) is 0.542. The smallest absolute Gasteiger partial charge is 0.283 e. The molecule has 0 spiro atoms. The molecule has 0 aliphatic carbocycles. The molecular weight excluding hydrogens is 294 g/mol. The zero-order valence-corrected chi connectivity index (χ0v) is 14.6. The number of aromatic nitrogens is 1. The van der Waals surface area contributed by atoms with Gasteiger partial charge in [-0.1, -0.05) is 13.8 Å². The molecule has 0 N–H and O–H groups in total. The molecule has 122 valence electrons. The Morgan fingerprint density at radius 3 is 2.68 bits per heavy atom. The van der Waals surface area contributed by atoms with Crippen molar-refractivity contribution in [3.63, 3.8) is 0 Å². The Morgan fingerprint density at radius 1 is 1.27 bits per heavy atom. The van der Waals surface area contributed by atoms with Crippen molar-refractivity contribution in [1.82, 2.24) is 14.8 Å². The molecule has 2 aliphatic heterocycles. The van der Waals surface area contributed by atoms with Crippen LogP contribution in [-0.2, 0) is 0 Å². The monoisotopic (exact) mass is 321 g/mol. The second-order valence-corrected chi connectivity index (χ2v) is 7.75. The summed E-state index contributed by atoms with van der Waals surface area (Å²) in [7, 11) is 0. The lowest BCUT2D eigenvalue weighted by atomic mass is 10.0. The van der Waals surface area contributed by atoms with E-state index in [2.05, 4.69) is 28.6 Å². The highest BCUT2D eigenvalue weighted by molar-refractivity contribution is 7.11. The van der Waals surface area contributed by atoms with Crippen molar-refractivity contribution in [2.24, 2.45) is 0 Å². The number of thiazole rings is 1. The van der Waals surface area contributed by atoms with Gasteiger partial charge in [0.1, 0.15) is 0 Å². The molecule has 1 aromatic heterocycles. The minimum atomic E-state index is 0.154. The van der Waals surface area contributed by atoms with Crippen LogP contribution >= 0.6 is 11.3 Å². The molecule has 0 saturated carbocycles. The van der Waals surface area contributed by atoms with Crippen LogP contribution in [0.1, 0.15) is 67.4 Å². The van der Waals surface area contributed by atoms with Gasteiger partial charge in [-0.2, -0.15) is 0 Å². The van der Waals surface area contributed by atoms with E-state index >= 15 is 0 Å². The van der Waals surface area contributed by atoms with Gasteiger partial charge in [0.15, 0.2) is 5.01 Å². The summed E-state index contributed by atoms with van der Waals surface area (Å²) in [6.45, 7) is 8.60. The van der Waals surface area contributed by atoms with Gasteiger partial charge < -0.3 is 9.80 Å². The van der Waals surface area contributed by atoms with Crippen LogP contribution in [0.3, 0.4) is 0 Å². The second kappa shape index (κ2) is 7.09.